The quantitative estimate of drug-likeness (QED) is 0.796. The van der Waals surface area contributed by atoms with E-state index in [0.717, 1.165) is 18.5 Å². The molecule has 1 aliphatic rings. The molecular formula is C14H16ClN3. The highest BCUT2D eigenvalue weighted by Crippen LogP contribution is 2.26. The number of fused-ring (bicyclic) bond motifs is 1. The molecule has 3 rings (SSSR count). The van der Waals surface area contributed by atoms with E-state index in [-0.39, 0.29) is 0 Å². The number of halogens is 1. The van der Waals surface area contributed by atoms with E-state index in [1.165, 1.54) is 36.1 Å². The number of nitrogens with zero attached hydrogens (tertiary/aromatic N) is 3. The normalized spacial score (nSPS) is 14.5. The number of alkyl halides is 1. The van der Waals surface area contributed by atoms with Crippen molar-refractivity contribution in [2.45, 2.75) is 32.1 Å². The van der Waals surface area contributed by atoms with Gasteiger partial charge in [0.25, 0.3) is 0 Å². The third-order valence-electron chi connectivity index (χ3n) is 3.51. The molecule has 0 unspecified atom stereocenters. The number of aryl methyl sites for hydroxylation is 2. The first kappa shape index (κ1) is 11.7. The van der Waals surface area contributed by atoms with Gasteiger partial charge in [0.1, 0.15) is 0 Å². The number of benzene rings is 1. The fourth-order valence-corrected chi connectivity index (χ4v) is 2.80. The van der Waals surface area contributed by atoms with E-state index in [0.29, 0.717) is 5.88 Å². The van der Waals surface area contributed by atoms with Gasteiger partial charge in [-0.3, -0.25) is 0 Å². The Morgan fingerprint density at radius 2 is 2.11 bits per heavy atom. The van der Waals surface area contributed by atoms with Crippen molar-refractivity contribution in [2.75, 3.05) is 5.88 Å². The largest absolute Gasteiger partial charge is 0.220 e. The maximum Gasteiger partial charge on any atom is 0.0843 e. The van der Waals surface area contributed by atoms with Gasteiger partial charge in [0.15, 0.2) is 0 Å². The summed E-state index contributed by atoms with van der Waals surface area (Å²) in [5, 5.41) is 8.38. The van der Waals surface area contributed by atoms with E-state index < -0.39 is 0 Å². The van der Waals surface area contributed by atoms with Crippen LogP contribution in [0.5, 0.6) is 0 Å². The zero-order valence-corrected chi connectivity index (χ0v) is 11.0. The first-order valence-corrected chi connectivity index (χ1v) is 7.00. The summed E-state index contributed by atoms with van der Waals surface area (Å²) >= 11 is 5.73. The van der Waals surface area contributed by atoms with Crippen molar-refractivity contribution in [3.8, 4) is 5.69 Å². The average Bonchev–Trinajstić information content (AvgIpc) is 2.87. The van der Waals surface area contributed by atoms with Crippen molar-refractivity contribution in [1.29, 1.82) is 0 Å². The molecule has 1 aromatic heterocycles. The van der Waals surface area contributed by atoms with Gasteiger partial charge in [-0.1, -0.05) is 17.3 Å². The molecular weight excluding hydrogens is 246 g/mol. The lowest BCUT2D eigenvalue weighted by Gasteiger charge is -2.18. The Hall–Kier alpha value is -1.35. The summed E-state index contributed by atoms with van der Waals surface area (Å²) in [5.74, 6) is 0.589. The first-order chi connectivity index (χ1) is 8.88. The zero-order valence-electron chi connectivity index (χ0n) is 10.3. The zero-order chi connectivity index (χ0) is 12.4. The van der Waals surface area contributed by atoms with Crippen LogP contribution in [0, 0.1) is 0 Å². The van der Waals surface area contributed by atoms with Gasteiger partial charge in [-0.25, -0.2) is 4.68 Å². The van der Waals surface area contributed by atoms with Crippen LogP contribution in [0.3, 0.4) is 0 Å². The molecule has 1 heterocycles. The molecule has 0 atom stereocenters. The van der Waals surface area contributed by atoms with Crippen molar-refractivity contribution < 1.29 is 0 Å². The van der Waals surface area contributed by atoms with Crippen LogP contribution >= 0.6 is 11.6 Å². The third-order valence-corrected chi connectivity index (χ3v) is 3.70. The molecule has 0 N–H and O–H groups in total. The number of rotatable bonds is 3. The fourth-order valence-electron chi connectivity index (χ4n) is 2.60. The molecule has 0 aliphatic heterocycles. The smallest absolute Gasteiger partial charge is 0.0843 e. The summed E-state index contributed by atoms with van der Waals surface area (Å²) in [6, 6.07) is 6.47. The second-order valence-electron chi connectivity index (χ2n) is 4.72. The molecule has 1 aliphatic carbocycles. The van der Waals surface area contributed by atoms with Crippen molar-refractivity contribution in [3.05, 3.63) is 41.2 Å². The summed E-state index contributed by atoms with van der Waals surface area (Å²) in [7, 11) is 0. The molecule has 0 spiro atoms. The van der Waals surface area contributed by atoms with Crippen molar-refractivity contribution in [3.63, 3.8) is 0 Å². The lowest BCUT2D eigenvalue weighted by molar-refractivity contribution is 0.673. The van der Waals surface area contributed by atoms with Crippen LogP contribution in [-0.4, -0.2) is 20.9 Å². The topological polar surface area (TPSA) is 30.7 Å². The number of aromatic nitrogens is 3. The molecule has 0 amide bonds. The Kier molecular flexibility index (Phi) is 3.33. The van der Waals surface area contributed by atoms with Gasteiger partial charge in [0.2, 0.25) is 0 Å². The summed E-state index contributed by atoms with van der Waals surface area (Å²) in [5.41, 5.74) is 5.04. The van der Waals surface area contributed by atoms with Crippen LogP contribution in [-0.2, 0) is 19.3 Å². The molecule has 0 saturated carbocycles. The van der Waals surface area contributed by atoms with E-state index in [9.17, 15) is 0 Å². The molecule has 1 aromatic carbocycles. The van der Waals surface area contributed by atoms with Crippen molar-refractivity contribution in [2.24, 2.45) is 0 Å². The van der Waals surface area contributed by atoms with Crippen LogP contribution in [0.2, 0.25) is 0 Å². The van der Waals surface area contributed by atoms with Crippen LogP contribution in [0.4, 0.5) is 0 Å². The van der Waals surface area contributed by atoms with E-state index in [4.69, 9.17) is 11.6 Å². The van der Waals surface area contributed by atoms with Crippen LogP contribution < -0.4 is 0 Å². The molecule has 18 heavy (non-hydrogen) atoms. The van der Waals surface area contributed by atoms with Crippen LogP contribution in [0.25, 0.3) is 5.69 Å². The van der Waals surface area contributed by atoms with E-state index in [1.807, 2.05) is 10.9 Å². The van der Waals surface area contributed by atoms with Gasteiger partial charge in [0, 0.05) is 12.3 Å². The minimum atomic E-state index is 0.589. The van der Waals surface area contributed by atoms with Crippen molar-refractivity contribution in [1.82, 2.24) is 15.0 Å². The van der Waals surface area contributed by atoms with Gasteiger partial charge >= 0.3 is 0 Å². The van der Waals surface area contributed by atoms with Gasteiger partial charge < -0.3 is 0 Å². The standard InChI is InChI=1S/C14H16ClN3/c15-9-8-12-10-18(17-16-12)14-7-3-5-11-4-1-2-6-13(11)14/h3,5,7,10H,1-2,4,6,8-9H2. The predicted molar refractivity (Wildman–Crippen MR) is 72.4 cm³/mol. The van der Waals surface area contributed by atoms with Gasteiger partial charge in [-0.05, 0) is 42.9 Å². The predicted octanol–water partition coefficient (Wildman–Crippen LogP) is 2.93. The Labute approximate surface area is 112 Å². The van der Waals surface area contributed by atoms with E-state index in [1.54, 1.807) is 0 Å². The second kappa shape index (κ2) is 5.11. The Balaban J connectivity index is 2.00. The summed E-state index contributed by atoms with van der Waals surface area (Å²) in [4.78, 5) is 0. The SMILES string of the molecule is ClCCc1cn(-c2cccc3c2CCCC3)nn1. The van der Waals surface area contributed by atoms with Crippen LogP contribution in [0.1, 0.15) is 29.7 Å². The van der Waals surface area contributed by atoms with Gasteiger partial charge in [-0.15, -0.1) is 16.7 Å². The molecule has 94 valence electrons. The lowest BCUT2D eigenvalue weighted by atomic mass is 9.90. The van der Waals surface area contributed by atoms with Crippen LogP contribution in [0.15, 0.2) is 24.4 Å². The number of hydrogen-bond acceptors (Lipinski definition) is 2. The summed E-state index contributed by atoms with van der Waals surface area (Å²) in [6.45, 7) is 0. The highest BCUT2D eigenvalue weighted by atomic mass is 35.5. The number of hydrogen-bond donors (Lipinski definition) is 0. The van der Waals surface area contributed by atoms with E-state index in [2.05, 4.69) is 28.5 Å². The molecule has 0 fully saturated rings. The minimum Gasteiger partial charge on any atom is -0.220 e. The monoisotopic (exact) mass is 261 g/mol. The summed E-state index contributed by atoms with van der Waals surface area (Å²) in [6.07, 6.45) is 7.67. The maximum atomic E-state index is 5.73. The highest BCUT2D eigenvalue weighted by Gasteiger charge is 2.14. The molecule has 2 aromatic rings. The second-order valence-corrected chi connectivity index (χ2v) is 5.09. The lowest BCUT2D eigenvalue weighted by Crippen LogP contribution is -2.08. The molecule has 4 heteroatoms. The fraction of sp³-hybridized carbons (Fsp3) is 0.429. The summed E-state index contributed by atoms with van der Waals surface area (Å²) < 4.78 is 1.89. The first-order valence-electron chi connectivity index (χ1n) is 6.47. The molecule has 0 saturated heterocycles. The Morgan fingerprint density at radius 1 is 1.22 bits per heavy atom. The Bertz CT molecular complexity index is 548. The van der Waals surface area contributed by atoms with E-state index >= 15 is 0 Å². The highest BCUT2D eigenvalue weighted by molar-refractivity contribution is 6.17. The minimum absolute atomic E-state index is 0.589. The molecule has 0 radical (unpaired) electrons. The molecule has 0 bridgehead atoms. The van der Waals surface area contributed by atoms with Gasteiger partial charge in [-0.2, -0.15) is 0 Å². The average molecular weight is 262 g/mol. The van der Waals surface area contributed by atoms with Crippen molar-refractivity contribution >= 4 is 11.6 Å². The van der Waals surface area contributed by atoms with Gasteiger partial charge in [0.05, 0.1) is 17.6 Å². The maximum absolute atomic E-state index is 5.73. The molecule has 3 nitrogen and oxygen atoms in total. The Morgan fingerprint density at radius 3 is 3.00 bits per heavy atom. The third kappa shape index (κ3) is 2.15.